The first-order valence-corrected chi connectivity index (χ1v) is 4.93. The Bertz CT molecular complexity index is 227. The van der Waals surface area contributed by atoms with Crippen molar-refractivity contribution in [1.82, 2.24) is 4.90 Å². The molecule has 2 aliphatic heterocycles. The van der Waals surface area contributed by atoms with Crippen molar-refractivity contribution in [3.8, 4) is 0 Å². The molecule has 2 heterocycles. The standard InChI is InChI=1S/C9H15NO4/c11-3-5-6(4-12)8-2-1-7(5)10(8)9(13)14/h5-8,11-12H,1-4H2,(H,13,14)/t5-,6+,7-,8+. The zero-order valence-electron chi connectivity index (χ0n) is 7.83. The summed E-state index contributed by atoms with van der Waals surface area (Å²) < 4.78 is 0. The number of nitrogens with zero attached hydrogens (tertiary/aromatic N) is 1. The van der Waals surface area contributed by atoms with Crippen molar-refractivity contribution in [2.24, 2.45) is 11.8 Å². The quantitative estimate of drug-likeness (QED) is 0.574. The molecule has 0 aromatic heterocycles. The summed E-state index contributed by atoms with van der Waals surface area (Å²) in [6.07, 6.45) is 0.712. The molecule has 2 fully saturated rings. The minimum Gasteiger partial charge on any atom is -0.465 e. The predicted molar refractivity (Wildman–Crippen MR) is 47.8 cm³/mol. The van der Waals surface area contributed by atoms with Gasteiger partial charge in [-0.2, -0.15) is 0 Å². The van der Waals surface area contributed by atoms with Gasteiger partial charge in [0.25, 0.3) is 0 Å². The van der Waals surface area contributed by atoms with E-state index in [-0.39, 0.29) is 37.1 Å². The Labute approximate surface area is 82.0 Å². The van der Waals surface area contributed by atoms with Gasteiger partial charge in [-0.25, -0.2) is 4.79 Å². The summed E-state index contributed by atoms with van der Waals surface area (Å²) in [6, 6.07) is -0.167. The van der Waals surface area contributed by atoms with Crippen LogP contribution in [0.3, 0.4) is 0 Å². The first kappa shape index (κ1) is 9.73. The molecule has 0 aliphatic carbocycles. The zero-order valence-corrected chi connectivity index (χ0v) is 7.83. The number of carbonyl (C=O) groups is 1. The van der Waals surface area contributed by atoms with E-state index in [1.807, 2.05) is 0 Å². The smallest absolute Gasteiger partial charge is 0.407 e. The second kappa shape index (κ2) is 3.40. The molecule has 80 valence electrons. The molecule has 2 aliphatic rings. The van der Waals surface area contributed by atoms with E-state index in [4.69, 9.17) is 15.3 Å². The second-order valence-corrected chi connectivity index (χ2v) is 4.09. The Morgan fingerprint density at radius 2 is 1.57 bits per heavy atom. The number of amides is 1. The van der Waals surface area contributed by atoms with Crippen molar-refractivity contribution in [1.29, 1.82) is 0 Å². The van der Waals surface area contributed by atoms with Gasteiger partial charge in [-0.15, -0.1) is 0 Å². The molecule has 3 N–H and O–H groups in total. The lowest BCUT2D eigenvalue weighted by Crippen LogP contribution is -2.35. The molecule has 2 bridgehead atoms. The van der Waals surface area contributed by atoms with Gasteiger partial charge in [0.15, 0.2) is 0 Å². The first-order valence-electron chi connectivity index (χ1n) is 4.93. The van der Waals surface area contributed by atoms with Gasteiger partial charge in [0, 0.05) is 37.1 Å². The largest absolute Gasteiger partial charge is 0.465 e. The number of carboxylic acid groups (broad SMARTS) is 1. The average molecular weight is 201 g/mol. The second-order valence-electron chi connectivity index (χ2n) is 4.09. The minimum atomic E-state index is -0.924. The topological polar surface area (TPSA) is 81.0 Å². The van der Waals surface area contributed by atoms with Crippen LogP contribution in [0.5, 0.6) is 0 Å². The number of rotatable bonds is 2. The molecular weight excluding hydrogens is 186 g/mol. The Kier molecular flexibility index (Phi) is 2.36. The van der Waals surface area contributed by atoms with Gasteiger partial charge in [0.05, 0.1) is 0 Å². The Morgan fingerprint density at radius 3 is 1.86 bits per heavy atom. The van der Waals surface area contributed by atoms with Gasteiger partial charge in [-0.05, 0) is 12.8 Å². The molecule has 0 saturated carbocycles. The fourth-order valence-corrected chi connectivity index (χ4v) is 3.07. The lowest BCUT2D eigenvalue weighted by molar-refractivity contribution is 0.109. The van der Waals surface area contributed by atoms with Gasteiger partial charge >= 0.3 is 6.09 Å². The van der Waals surface area contributed by atoms with Crippen LogP contribution in [-0.4, -0.2) is 51.6 Å². The van der Waals surface area contributed by atoms with E-state index in [0.29, 0.717) is 0 Å². The molecule has 2 saturated heterocycles. The van der Waals surface area contributed by atoms with E-state index in [1.165, 1.54) is 4.90 Å². The van der Waals surface area contributed by atoms with Crippen LogP contribution in [0.2, 0.25) is 0 Å². The fraction of sp³-hybridized carbons (Fsp3) is 0.889. The number of hydrogen-bond acceptors (Lipinski definition) is 3. The molecule has 5 nitrogen and oxygen atoms in total. The van der Waals surface area contributed by atoms with Crippen LogP contribution in [0.1, 0.15) is 12.8 Å². The zero-order chi connectivity index (χ0) is 10.3. The third-order valence-electron chi connectivity index (χ3n) is 3.65. The van der Waals surface area contributed by atoms with Crippen molar-refractivity contribution in [3.63, 3.8) is 0 Å². The predicted octanol–water partition coefficient (Wildman–Crippen LogP) is -0.272. The van der Waals surface area contributed by atoms with Gasteiger partial charge in [-0.3, -0.25) is 0 Å². The van der Waals surface area contributed by atoms with E-state index in [1.54, 1.807) is 0 Å². The maximum absolute atomic E-state index is 10.9. The van der Waals surface area contributed by atoms with Crippen molar-refractivity contribution in [2.45, 2.75) is 24.9 Å². The molecule has 1 amide bonds. The van der Waals surface area contributed by atoms with E-state index in [0.717, 1.165) is 12.8 Å². The first-order chi connectivity index (χ1) is 6.70. The normalized spacial score (nSPS) is 40.6. The molecule has 0 spiro atoms. The molecule has 0 aromatic rings. The summed E-state index contributed by atoms with van der Waals surface area (Å²) in [6.45, 7) is -0.0631. The van der Waals surface area contributed by atoms with Crippen LogP contribution in [-0.2, 0) is 0 Å². The summed E-state index contributed by atoms with van der Waals surface area (Å²) in [4.78, 5) is 12.4. The molecule has 0 aromatic carbocycles. The van der Waals surface area contributed by atoms with Crippen molar-refractivity contribution >= 4 is 6.09 Å². The van der Waals surface area contributed by atoms with Crippen LogP contribution in [0.25, 0.3) is 0 Å². The highest BCUT2D eigenvalue weighted by molar-refractivity contribution is 5.67. The van der Waals surface area contributed by atoms with Crippen LogP contribution in [0.4, 0.5) is 4.79 Å². The van der Waals surface area contributed by atoms with Crippen molar-refractivity contribution in [3.05, 3.63) is 0 Å². The number of aliphatic hydroxyl groups excluding tert-OH is 2. The molecule has 0 radical (unpaired) electrons. The highest BCUT2D eigenvalue weighted by Gasteiger charge is 2.54. The highest BCUT2D eigenvalue weighted by Crippen LogP contribution is 2.45. The highest BCUT2D eigenvalue weighted by atomic mass is 16.4. The van der Waals surface area contributed by atoms with Gasteiger partial charge in [0.1, 0.15) is 0 Å². The fourth-order valence-electron chi connectivity index (χ4n) is 3.07. The summed E-state index contributed by atoms with van der Waals surface area (Å²) >= 11 is 0. The maximum Gasteiger partial charge on any atom is 0.407 e. The van der Waals surface area contributed by atoms with Crippen LogP contribution in [0, 0.1) is 11.8 Å². The Morgan fingerprint density at radius 1 is 1.14 bits per heavy atom. The molecule has 5 heteroatoms. The third kappa shape index (κ3) is 1.12. The third-order valence-corrected chi connectivity index (χ3v) is 3.65. The van der Waals surface area contributed by atoms with Crippen molar-refractivity contribution < 1.29 is 20.1 Å². The molecule has 14 heavy (non-hydrogen) atoms. The van der Waals surface area contributed by atoms with Crippen LogP contribution < -0.4 is 0 Å². The van der Waals surface area contributed by atoms with Crippen molar-refractivity contribution in [2.75, 3.05) is 13.2 Å². The van der Waals surface area contributed by atoms with E-state index < -0.39 is 6.09 Å². The summed E-state index contributed by atoms with van der Waals surface area (Å²) in [7, 11) is 0. The lowest BCUT2D eigenvalue weighted by atomic mass is 9.80. The van der Waals surface area contributed by atoms with E-state index >= 15 is 0 Å². The maximum atomic E-state index is 10.9. The van der Waals surface area contributed by atoms with Gasteiger partial charge < -0.3 is 20.2 Å². The Balaban J connectivity index is 2.22. The SMILES string of the molecule is O=C(O)N1[C@@H]2CC[C@H]1[C@@H](CO)[C@H]2CO. The van der Waals surface area contributed by atoms with Gasteiger partial charge in [-0.1, -0.05) is 0 Å². The minimum absolute atomic E-state index is 0.0316. The lowest BCUT2D eigenvalue weighted by Gasteiger charge is -2.24. The number of fused-ring (bicyclic) bond motifs is 2. The summed E-state index contributed by atoms with van der Waals surface area (Å²) in [5.41, 5.74) is 0. The number of hydrogen-bond donors (Lipinski definition) is 3. The summed E-state index contributed by atoms with van der Waals surface area (Å²) in [5, 5.41) is 27.3. The number of aliphatic hydroxyl groups is 2. The Hall–Kier alpha value is -0.810. The van der Waals surface area contributed by atoms with E-state index in [2.05, 4.69) is 0 Å². The van der Waals surface area contributed by atoms with E-state index in [9.17, 15) is 4.79 Å². The monoisotopic (exact) mass is 201 g/mol. The summed E-state index contributed by atoms with van der Waals surface area (Å²) in [5.74, 6) is -0.148. The van der Waals surface area contributed by atoms with Crippen LogP contribution >= 0.6 is 0 Å². The molecule has 4 atom stereocenters. The van der Waals surface area contributed by atoms with Crippen LogP contribution in [0.15, 0.2) is 0 Å². The molecular formula is C9H15NO4. The average Bonchev–Trinajstić information content (AvgIpc) is 2.70. The molecule has 0 unspecified atom stereocenters. The van der Waals surface area contributed by atoms with Gasteiger partial charge in [0.2, 0.25) is 0 Å². The molecule has 2 rings (SSSR count).